The van der Waals surface area contributed by atoms with Crippen molar-refractivity contribution >= 4 is 34.8 Å². The third kappa shape index (κ3) is 4.79. The Kier molecular flexibility index (Phi) is 6.35. The van der Waals surface area contributed by atoms with E-state index in [9.17, 15) is 4.79 Å². The number of anilines is 2. The Morgan fingerprint density at radius 1 is 1.22 bits per heavy atom. The Labute approximate surface area is 164 Å². The summed E-state index contributed by atoms with van der Waals surface area (Å²) < 4.78 is 16.9. The Hall–Kier alpha value is -2.10. The Bertz CT molecular complexity index is 670. The third-order valence-corrected chi connectivity index (χ3v) is 4.77. The quantitative estimate of drug-likeness (QED) is 0.645. The van der Waals surface area contributed by atoms with E-state index < -0.39 is 12.2 Å². The summed E-state index contributed by atoms with van der Waals surface area (Å²) in [5.41, 5.74) is 2.02. The number of fused-ring (bicyclic) bond motifs is 1. The van der Waals surface area contributed by atoms with Crippen molar-refractivity contribution in [3.63, 3.8) is 0 Å². The van der Waals surface area contributed by atoms with Crippen LogP contribution < -0.4 is 20.9 Å². The highest BCUT2D eigenvalue weighted by Gasteiger charge is 2.49. The zero-order valence-electron chi connectivity index (χ0n) is 15.7. The molecule has 3 N–H and O–H groups in total. The van der Waals surface area contributed by atoms with E-state index in [2.05, 4.69) is 16.0 Å². The zero-order chi connectivity index (χ0) is 19.4. The highest BCUT2D eigenvalue weighted by molar-refractivity contribution is 7.80. The third-order valence-electron chi connectivity index (χ3n) is 4.55. The van der Waals surface area contributed by atoms with Gasteiger partial charge in [0.05, 0.1) is 19.3 Å². The van der Waals surface area contributed by atoms with Gasteiger partial charge in [0.2, 0.25) is 0 Å². The lowest BCUT2D eigenvalue weighted by Gasteiger charge is -2.20. The highest BCUT2D eigenvalue weighted by Crippen LogP contribution is 2.29. The van der Waals surface area contributed by atoms with Crippen molar-refractivity contribution in [3.05, 3.63) is 24.3 Å². The van der Waals surface area contributed by atoms with Gasteiger partial charge in [-0.05, 0) is 43.4 Å². The van der Waals surface area contributed by atoms with Crippen LogP contribution in [0.4, 0.5) is 16.2 Å². The maximum Gasteiger partial charge on any atom is 0.407 e. The van der Waals surface area contributed by atoms with Crippen LogP contribution in [-0.2, 0) is 14.2 Å². The van der Waals surface area contributed by atoms with Crippen LogP contribution in [0.3, 0.4) is 0 Å². The van der Waals surface area contributed by atoms with Gasteiger partial charge in [0.1, 0.15) is 12.2 Å². The van der Waals surface area contributed by atoms with Crippen molar-refractivity contribution in [1.82, 2.24) is 10.6 Å². The molecule has 2 heterocycles. The molecule has 2 fully saturated rings. The summed E-state index contributed by atoms with van der Waals surface area (Å²) >= 11 is 5.41. The molecule has 9 heteroatoms. The van der Waals surface area contributed by atoms with E-state index in [-0.39, 0.29) is 18.2 Å². The molecule has 1 amide bonds. The predicted octanol–water partition coefficient (Wildman–Crippen LogP) is 1.32. The molecule has 0 bridgehead atoms. The molecule has 0 spiro atoms. The monoisotopic (exact) mass is 394 g/mol. The lowest BCUT2D eigenvalue weighted by molar-refractivity contribution is 0.00425. The van der Waals surface area contributed by atoms with Gasteiger partial charge < -0.3 is 35.1 Å². The summed E-state index contributed by atoms with van der Waals surface area (Å²) in [5, 5.41) is 9.52. The Balaban J connectivity index is 1.50. The molecule has 27 heavy (non-hydrogen) atoms. The molecule has 1 aromatic carbocycles. The van der Waals surface area contributed by atoms with Crippen LogP contribution in [0.15, 0.2) is 24.3 Å². The van der Waals surface area contributed by atoms with Crippen LogP contribution in [0.25, 0.3) is 0 Å². The standard InChI is InChI=1S/C18H26N4O4S/c1-4-19-18(23)26-14-10-25-15-13(9-24-16(14)15)21-17(27)20-11-5-7-12(8-6-11)22(2)3/h5-8,13-16H,4,9-10H2,1-3H3,(H,19,23)(H2,20,21,27). The summed E-state index contributed by atoms with van der Waals surface area (Å²) in [6.45, 7) is 3.10. The Morgan fingerprint density at radius 3 is 2.59 bits per heavy atom. The van der Waals surface area contributed by atoms with Gasteiger partial charge in [-0.25, -0.2) is 4.79 Å². The molecule has 3 rings (SSSR count). The topological polar surface area (TPSA) is 84.1 Å². The number of rotatable bonds is 5. The molecule has 4 atom stereocenters. The first-order valence-electron chi connectivity index (χ1n) is 9.00. The van der Waals surface area contributed by atoms with Crippen molar-refractivity contribution < 1.29 is 19.0 Å². The lowest BCUT2D eigenvalue weighted by atomic mass is 10.1. The molecule has 0 aromatic heterocycles. The summed E-state index contributed by atoms with van der Waals surface area (Å²) in [6.07, 6.45) is -1.36. The van der Waals surface area contributed by atoms with E-state index in [1.54, 1.807) is 0 Å². The second-order valence-corrected chi connectivity index (χ2v) is 7.12. The Morgan fingerprint density at radius 2 is 1.93 bits per heavy atom. The lowest BCUT2D eigenvalue weighted by Crippen LogP contribution is -2.46. The number of hydrogen-bond donors (Lipinski definition) is 3. The maximum absolute atomic E-state index is 11.6. The van der Waals surface area contributed by atoms with Crippen molar-refractivity contribution in [2.45, 2.75) is 31.3 Å². The normalized spacial score (nSPS) is 26.2. The zero-order valence-corrected chi connectivity index (χ0v) is 16.5. The molecule has 2 aliphatic rings. The van der Waals surface area contributed by atoms with Crippen LogP contribution in [0, 0.1) is 0 Å². The van der Waals surface area contributed by atoms with Gasteiger partial charge in [-0.15, -0.1) is 0 Å². The number of nitrogens with one attached hydrogen (secondary N) is 3. The van der Waals surface area contributed by atoms with E-state index in [1.807, 2.05) is 50.2 Å². The van der Waals surface area contributed by atoms with Crippen LogP contribution >= 0.6 is 12.2 Å². The van der Waals surface area contributed by atoms with Gasteiger partial charge in [0, 0.05) is 32.0 Å². The molecule has 1 aromatic rings. The first-order chi connectivity index (χ1) is 13.0. The molecule has 2 saturated heterocycles. The summed E-state index contributed by atoms with van der Waals surface area (Å²) in [6, 6.07) is 7.88. The van der Waals surface area contributed by atoms with Crippen LogP contribution in [0.1, 0.15) is 6.92 Å². The van der Waals surface area contributed by atoms with Gasteiger partial charge in [-0.3, -0.25) is 0 Å². The minimum atomic E-state index is -0.454. The first kappa shape index (κ1) is 19.7. The molecule has 0 saturated carbocycles. The fraction of sp³-hybridized carbons (Fsp3) is 0.556. The maximum atomic E-state index is 11.6. The number of hydrogen-bond acceptors (Lipinski definition) is 6. The second kappa shape index (κ2) is 8.73. The van der Waals surface area contributed by atoms with Gasteiger partial charge in [-0.2, -0.15) is 0 Å². The van der Waals surface area contributed by atoms with Crippen molar-refractivity contribution in [1.29, 1.82) is 0 Å². The van der Waals surface area contributed by atoms with E-state index >= 15 is 0 Å². The van der Waals surface area contributed by atoms with E-state index in [4.69, 9.17) is 26.4 Å². The van der Waals surface area contributed by atoms with Crippen LogP contribution in [-0.4, -0.2) is 69.4 Å². The number of amides is 1. The number of thiocarbonyl (C=S) groups is 1. The number of nitrogens with zero attached hydrogens (tertiary/aromatic N) is 1. The summed E-state index contributed by atoms with van der Waals surface area (Å²) in [7, 11) is 3.99. The second-order valence-electron chi connectivity index (χ2n) is 6.72. The average Bonchev–Trinajstić information content (AvgIpc) is 3.19. The number of ether oxygens (including phenoxy) is 3. The molecular formula is C18H26N4O4S. The molecule has 0 radical (unpaired) electrons. The van der Waals surface area contributed by atoms with Crippen molar-refractivity contribution in [3.8, 4) is 0 Å². The van der Waals surface area contributed by atoms with Crippen molar-refractivity contribution in [2.24, 2.45) is 0 Å². The van der Waals surface area contributed by atoms with E-state index in [0.717, 1.165) is 11.4 Å². The fourth-order valence-electron chi connectivity index (χ4n) is 3.19. The minimum Gasteiger partial charge on any atom is -0.441 e. The van der Waals surface area contributed by atoms with Crippen molar-refractivity contribution in [2.75, 3.05) is 44.1 Å². The minimum absolute atomic E-state index is 0.0983. The average molecular weight is 394 g/mol. The van der Waals surface area contributed by atoms with Gasteiger partial charge in [-0.1, -0.05) is 0 Å². The number of carbonyl (C=O) groups is 1. The van der Waals surface area contributed by atoms with E-state index in [1.165, 1.54) is 0 Å². The molecule has 2 aliphatic heterocycles. The summed E-state index contributed by atoms with van der Waals surface area (Å²) in [4.78, 5) is 13.7. The fourth-order valence-corrected chi connectivity index (χ4v) is 3.46. The van der Waals surface area contributed by atoms with Crippen LogP contribution in [0.5, 0.6) is 0 Å². The predicted molar refractivity (Wildman–Crippen MR) is 107 cm³/mol. The van der Waals surface area contributed by atoms with Gasteiger partial charge in [0.25, 0.3) is 0 Å². The number of carbonyl (C=O) groups excluding carboxylic acids is 1. The highest BCUT2D eigenvalue weighted by atomic mass is 32.1. The molecule has 8 nitrogen and oxygen atoms in total. The molecule has 4 unspecified atom stereocenters. The van der Waals surface area contributed by atoms with Gasteiger partial charge >= 0.3 is 6.09 Å². The van der Waals surface area contributed by atoms with Crippen LogP contribution in [0.2, 0.25) is 0 Å². The number of benzene rings is 1. The largest absolute Gasteiger partial charge is 0.441 e. The van der Waals surface area contributed by atoms with E-state index in [0.29, 0.717) is 24.9 Å². The SMILES string of the molecule is CCNC(=O)OC1COC2C(NC(=S)Nc3ccc(N(C)C)cc3)COC12. The summed E-state index contributed by atoms with van der Waals surface area (Å²) in [5.74, 6) is 0. The smallest absolute Gasteiger partial charge is 0.407 e. The molecule has 148 valence electrons. The molecule has 0 aliphatic carbocycles. The first-order valence-corrected chi connectivity index (χ1v) is 9.41. The van der Waals surface area contributed by atoms with Gasteiger partial charge in [0.15, 0.2) is 11.2 Å². The molecular weight excluding hydrogens is 368 g/mol. The number of alkyl carbamates (subject to hydrolysis) is 1.